The normalized spacial score (nSPS) is 23.0. The summed E-state index contributed by atoms with van der Waals surface area (Å²) in [5, 5.41) is 0. The molecule has 2 saturated heterocycles. The Morgan fingerprint density at radius 2 is 1.96 bits per heavy atom. The summed E-state index contributed by atoms with van der Waals surface area (Å²) in [6.45, 7) is 19.2. The molecule has 4 heteroatoms. The van der Waals surface area contributed by atoms with Crippen LogP contribution in [0.3, 0.4) is 0 Å². The standard InChI is InChI=1S/C24H42N4/c1-5-28-13-7-9-23(28)18-27(17-22-8-6-12-25-16-22)20-24(3,4)19-26-14-10-21(2)11-15-26/h6,8,12,16,21,23H,5,7,9-11,13-15,17-20H2,1-4H3/t23-/m0/s1. The molecular weight excluding hydrogens is 344 g/mol. The number of hydrogen-bond acceptors (Lipinski definition) is 4. The molecule has 2 aliphatic rings. The third-order valence-corrected chi connectivity index (χ3v) is 6.68. The van der Waals surface area contributed by atoms with Crippen LogP contribution in [0.25, 0.3) is 0 Å². The van der Waals surface area contributed by atoms with Gasteiger partial charge in [-0.2, -0.15) is 0 Å². The van der Waals surface area contributed by atoms with Crippen molar-refractivity contribution in [2.24, 2.45) is 11.3 Å². The van der Waals surface area contributed by atoms with Crippen molar-refractivity contribution in [1.29, 1.82) is 0 Å². The molecule has 2 fully saturated rings. The Balaban J connectivity index is 1.63. The van der Waals surface area contributed by atoms with Crippen LogP contribution in [0.2, 0.25) is 0 Å². The highest BCUT2D eigenvalue weighted by Gasteiger charge is 2.30. The number of pyridine rings is 1. The van der Waals surface area contributed by atoms with Crippen molar-refractivity contribution < 1.29 is 0 Å². The first-order valence-corrected chi connectivity index (χ1v) is 11.5. The van der Waals surface area contributed by atoms with Gasteiger partial charge in [-0.05, 0) is 74.8 Å². The lowest BCUT2D eigenvalue weighted by Crippen LogP contribution is -2.47. The highest BCUT2D eigenvalue weighted by Crippen LogP contribution is 2.26. The lowest BCUT2D eigenvalue weighted by molar-refractivity contribution is 0.0809. The van der Waals surface area contributed by atoms with Crippen LogP contribution in [0.1, 0.15) is 58.9 Å². The zero-order valence-electron chi connectivity index (χ0n) is 18.7. The van der Waals surface area contributed by atoms with Crippen LogP contribution in [0, 0.1) is 11.3 Å². The molecule has 0 aromatic carbocycles. The van der Waals surface area contributed by atoms with Crippen molar-refractivity contribution in [3.63, 3.8) is 0 Å². The van der Waals surface area contributed by atoms with Crippen LogP contribution in [0.15, 0.2) is 24.5 Å². The first-order chi connectivity index (χ1) is 13.4. The molecule has 3 rings (SSSR count). The molecule has 0 N–H and O–H groups in total. The fraction of sp³-hybridized carbons (Fsp3) is 0.792. The predicted octanol–water partition coefficient (Wildman–Crippen LogP) is 4.13. The van der Waals surface area contributed by atoms with Gasteiger partial charge in [0.2, 0.25) is 0 Å². The molecular formula is C24H42N4. The highest BCUT2D eigenvalue weighted by molar-refractivity contribution is 5.08. The van der Waals surface area contributed by atoms with E-state index in [2.05, 4.69) is 59.5 Å². The molecule has 4 nitrogen and oxygen atoms in total. The van der Waals surface area contributed by atoms with Crippen molar-refractivity contribution in [1.82, 2.24) is 19.7 Å². The Kier molecular flexibility index (Phi) is 7.90. The average molecular weight is 387 g/mol. The zero-order valence-corrected chi connectivity index (χ0v) is 18.7. The number of nitrogens with zero attached hydrogens (tertiary/aromatic N) is 4. The zero-order chi connectivity index (χ0) is 20.0. The number of likely N-dealkylation sites (tertiary alicyclic amines) is 2. The molecule has 0 radical (unpaired) electrons. The van der Waals surface area contributed by atoms with E-state index < -0.39 is 0 Å². The smallest absolute Gasteiger partial charge is 0.0312 e. The quantitative estimate of drug-likeness (QED) is 0.636. The van der Waals surface area contributed by atoms with E-state index >= 15 is 0 Å². The van der Waals surface area contributed by atoms with Crippen LogP contribution in [-0.4, -0.2) is 71.5 Å². The summed E-state index contributed by atoms with van der Waals surface area (Å²) in [7, 11) is 0. The lowest BCUT2D eigenvalue weighted by Gasteiger charge is -2.40. The van der Waals surface area contributed by atoms with Gasteiger partial charge in [0, 0.05) is 44.6 Å². The number of hydrogen-bond donors (Lipinski definition) is 0. The summed E-state index contributed by atoms with van der Waals surface area (Å²) in [6.07, 6.45) is 9.35. The second kappa shape index (κ2) is 10.2. The Labute approximate surface area is 173 Å². The van der Waals surface area contributed by atoms with Crippen LogP contribution in [0.4, 0.5) is 0 Å². The first kappa shape index (κ1) is 21.7. The minimum Gasteiger partial charge on any atom is -0.303 e. The summed E-state index contributed by atoms with van der Waals surface area (Å²) in [5.41, 5.74) is 1.64. The van der Waals surface area contributed by atoms with E-state index in [1.807, 2.05) is 12.4 Å². The van der Waals surface area contributed by atoms with Gasteiger partial charge in [0.25, 0.3) is 0 Å². The minimum absolute atomic E-state index is 0.304. The molecule has 0 aliphatic carbocycles. The Morgan fingerprint density at radius 1 is 1.18 bits per heavy atom. The van der Waals surface area contributed by atoms with Gasteiger partial charge in [-0.3, -0.25) is 14.8 Å². The fourth-order valence-electron chi connectivity index (χ4n) is 5.23. The Hall–Kier alpha value is -0.970. The second-order valence-electron chi connectivity index (χ2n) is 10.1. The van der Waals surface area contributed by atoms with Crippen molar-refractivity contribution in [3.8, 4) is 0 Å². The largest absolute Gasteiger partial charge is 0.303 e. The van der Waals surface area contributed by atoms with Crippen LogP contribution in [0.5, 0.6) is 0 Å². The van der Waals surface area contributed by atoms with Crippen molar-refractivity contribution >= 4 is 0 Å². The van der Waals surface area contributed by atoms with Crippen molar-refractivity contribution in [3.05, 3.63) is 30.1 Å². The molecule has 28 heavy (non-hydrogen) atoms. The number of piperidine rings is 1. The maximum atomic E-state index is 4.35. The molecule has 1 atom stereocenters. The molecule has 1 aromatic rings. The van der Waals surface area contributed by atoms with Crippen molar-refractivity contribution in [2.75, 3.05) is 45.8 Å². The van der Waals surface area contributed by atoms with Crippen molar-refractivity contribution in [2.45, 2.75) is 66.0 Å². The molecule has 0 unspecified atom stereocenters. The van der Waals surface area contributed by atoms with Gasteiger partial charge in [0.15, 0.2) is 0 Å². The van der Waals surface area contributed by atoms with E-state index in [1.165, 1.54) is 70.5 Å². The minimum atomic E-state index is 0.304. The van der Waals surface area contributed by atoms with Gasteiger partial charge >= 0.3 is 0 Å². The first-order valence-electron chi connectivity index (χ1n) is 11.5. The fourth-order valence-corrected chi connectivity index (χ4v) is 5.23. The van der Waals surface area contributed by atoms with Crippen LogP contribution in [-0.2, 0) is 6.54 Å². The lowest BCUT2D eigenvalue weighted by atomic mass is 9.89. The van der Waals surface area contributed by atoms with Gasteiger partial charge in [0.05, 0.1) is 0 Å². The van der Waals surface area contributed by atoms with Crippen LogP contribution >= 0.6 is 0 Å². The van der Waals surface area contributed by atoms with Gasteiger partial charge in [-0.1, -0.05) is 33.8 Å². The molecule has 3 heterocycles. The Morgan fingerprint density at radius 3 is 2.64 bits per heavy atom. The predicted molar refractivity (Wildman–Crippen MR) is 118 cm³/mol. The molecule has 0 amide bonds. The van der Waals surface area contributed by atoms with Gasteiger partial charge < -0.3 is 4.90 Å². The maximum absolute atomic E-state index is 4.35. The Bertz CT molecular complexity index is 565. The summed E-state index contributed by atoms with van der Waals surface area (Å²) in [4.78, 5) is 12.4. The third kappa shape index (κ3) is 6.53. The molecule has 158 valence electrons. The van der Waals surface area contributed by atoms with Crippen LogP contribution < -0.4 is 0 Å². The van der Waals surface area contributed by atoms with Gasteiger partial charge in [-0.25, -0.2) is 0 Å². The van der Waals surface area contributed by atoms with E-state index in [0.29, 0.717) is 11.5 Å². The number of rotatable bonds is 9. The molecule has 0 spiro atoms. The summed E-state index contributed by atoms with van der Waals surface area (Å²) in [5.74, 6) is 0.906. The number of likely N-dealkylation sites (N-methyl/N-ethyl adjacent to an activating group) is 1. The molecule has 1 aromatic heterocycles. The van der Waals surface area contributed by atoms with E-state index in [4.69, 9.17) is 0 Å². The summed E-state index contributed by atoms with van der Waals surface area (Å²) < 4.78 is 0. The van der Waals surface area contributed by atoms with Gasteiger partial charge in [0.1, 0.15) is 0 Å². The SMILES string of the molecule is CCN1CCC[C@H]1CN(Cc1cccnc1)CC(C)(C)CN1CCC(C)CC1. The van der Waals surface area contributed by atoms with E-state index in [-0.39, 0.29) is 0 Å². The molecule has 0 saturated carbocycles. The maximum Gasteiger partial charge on any atom is 0.0312 e. The molecule has 0 bridgehead atoms. The summed E-state index contributed by atoms with van der Waals surface area (Å²) >= 11 is 0. The highest BCUT2D eigenvalue weighted by atomic mass is 15.2. The van der Waals surface area contributed by atoms with Gasteiger partial charge in [-0.15, -0.1) is 0 Å². The topological polar surface area (TPSA) is 22.6 Å². The van der Waals surface area contributed by atoms with E-state index in [9.17, 15) is 0 Å². The second-order valence-corrected chi connectivity index (χ2v) is 10.1. The average Bonchev–Trinajstić information content (AvgIpc) is 3.11. The van der Waals surface area contributed by atoms with E-state index in [0.717, 1.165) is 19.0 Å². The summed E-state index contributed by atoms with van der Waals surface area (Å²) in [6, 6.07) is 5.01. The monoisotopic (exact) mass is 386 g/mol. The van der Waals surface area contributed by atoms with E-state index in [1.54, 1.807) is 0 Å². The third-order valence-electron chi connectivity index (χ3n) is 6.68. The number of aromatic nitrogens is 1. The molecule has 2 aliphatic heterocycles.